The summed E-state index contributed by atoms with van der Waals surface area (Å²) in [5, 5.41) is 10.1. The quantitative estimate of drug-likeness (QED) is 0.926. The molecule has 7 heteroatoms. The van der Waals surface area contributed by atoms with Gasteiger partial charge in [0.25, 0.3) is 12.0 Å². The molecule has 0 amide bonds. The van der Waals surface area contributed by atoms with Crippen molar-refractivity contribution in [1.29, 1.82) is 0 Å². The first-order chi connectivity index (χ1) is 9.40. The highest BCUT2D eigenvalue weighted by molar-refractivity contribution is 9.10. The van der Waals surface area contributed by atoms with Crippen LogP contribution in [0.5, 0.6) is 0 Å². The number of aromatic nitrogens is 1. The molecule has 2 rings (SSSR count). The van der Waals surface area contributed by atoms with E-state index in [1.807, 2.05) is 0 Å². The third-order valence-electron chi connectivity index (χ3n) is 2.70. The average Bonchev–Trinajstić information content (AvgIpc) is 2.41. The molecule has 0 aliphatic rings. The minimum Gasteiger partial charge on any atom is -0.369 e. The number of aliphatic hydroxyl groups is 1. The SMILES string of the molecule is O=c1c(Br)cc(C(F)F)cn1[C@@H](O)c1ccc(F)cc1. The van der Waals surface area contributed by atoms with Crippen molar-refractivity contribution in [2.45, 2.75) is 12.7 Å². The summed E-state index contributed by atoms with van der Waals surface area (Å²) in [7, 11) is 0. The summed E-state index contributed by atoms with van der Waals surface area (Å²) in [4.78, 5) is 11.9. The van der Waals surface area contributed by atoms with Crippen LogP contribution in [0, 0.1) is 5.82 Å². The molecule has 106 valence electrons. The molecule has 0 bridgehead atoms. The number of pyridine rings is 1. The summed E-state index contributed by atoms with van der Waals surface area (Å²) in [6, 6.07) is 5.76. The zero-order valence-corrected chi connectivity index (χ0v) is 11.5. The Kier molecular flexibility index (Phi) is 4.29. The van der Waals surface area contributed by atoms with Crippen LogP contribution >= 0.6 is 15.9 Å². The second kappa shape index (κ2) is 5.80. The van der Waals surface area contributed by atoms with E-state index < -0.39 is 29.6 Å². The van der Waals surface area contributed by atoms with Crippen LogP contribution in [0.1, 0.15) is 23.8 Å². The molecule has 3 nitrogen and oxygen atoms in total. The lowest BCUT2D eigenvalue weighted by atomic mass is 10.2. The molecule has 0 aliphatic carbocycles. The lowest BCUT2D eigenvalue weighted by Crippen LogP contribution is -2.26. The Morgan fingerprint density at radius 2 is 1.75 bits per heavy atom. The van der Waals surface area contributed by atoms with Crippen LogP contribution in [0.2, 0.25) is 0 Å². The standard InChI is InChI=1S/C13H9BrF3NO2/c14-10-5-8(11(16)17)6-18(13(10)20)12(19)7-1-3-9(15)4-2-7/h1-6,11-12,19H/t12-/m0/s1. The van der Waals surface area contributed by atoms with Crippen molar-refractivity contribution < 1.29 is 18.3 Å². The van der Waals surface area contributed by atoms with Crippen molar-refractivity contribution in [2.24, 2.45) is 0 Å². The number of halogens is 4. The van der Waals surface area contributed by atoms with E-state index in [0.717, 1.165) is 29.0 Å². The molecule has 2 aromatic rings. The number of nitrogens with zero attached hydrogens (tertiary/aromatic N) is 1. The van der Waals surface area contributed by atoms with E-state index in [1.54, 1.807) is 0 Å². The average molecular weight is 348 g/mol. The Balaban J connectivity index is 2.51. The van der Waals surface area contributed by atoms with Crippen LogP contribution in [0.25, 0.3) is 0 Å². The van der Waals surface area contributed by atoms with Gasteiger partial charge in [0, 0.05) is 17.3 Å². The van der Waals surface area contributed by atoms with Gasteiger partial charge in [-0.2, -0.15) is 0 Å². The van der Waals surface area contributed by atoms with Crippen molar-refractivity contribution in [3.8, 4) is 0 Å². The number of hydrogen-bond donors (Lipinski definition) is 1. The Morgan fingerprint density at radius 1 is 1.15 bits per heavy atom. The van der Waals surface area contributed by atoms with Gasteiger partial charge < -0.3 is 5.11 Å². The molecule has 0 aliphatic heterocycles. The second-order valence-corrected chi connectivity index (χ2v) is 4.91. The lowest BCUT2D eigenvalue weighted by Gasteiger charge is -2.16. The molecule has 1 N–H and O–H groups in total. The summed E-state index contributed by atoms with van der Waals surface area (Å²) in [5.41, 5.74) is -0.851. The fourth-order valence-corrected chi connectivity index (χ4v) is 2.15. The second-order valence-electron chi connectivity index (χ2n) is 4.06. The number of rotatable bonds is 3. The predicted molar refractivity (Wildman–Crippen MR) is 70.1 cm³/mol. The summed E-state index contributed by atoms with van der Waals surface area (Å²) >= 11 is 2.88. The molecule has 1 aromatic carbocycles. The number of alkyl halides is 2. The Bertz CT molecular complexity index is 670. The van der Waals surface area contributed by atoms with E-state index in [4.69, 9.17) is 0 Å². The van der Waals surface area contributed by atoms with Crippen molar-refractivity contribution >= 4 is 15.9 Å². The van der Waals surface area contributed by atoms with Gasteiger partial charge in [0.15, 0.2) is 6.23 Å². The molecular formula is C13H9BrF3NO2. The van der Waals surface area contributed by atoms with Gasteiger partial charge in [0.05, 0.1) is 4.47 Å². The van der Waals surface area contributed by atoms with E-state index >= 15 is 0 Å². The van der Waals surface area contributed by atoms with E-state index in [2.05, 4.69) is 15.9 Å². The van der Waals surface area contributed by atoms with Gasteiger partial charge >= 0.3 is 0 Å². The summed E-state index contributed by atoms with van der Waals surface area (Å²) in [6.07, 6.45) is -3.37. The molecule has 0 radical (unpaired) electrons. The maximum atomic E-state index is 12.8. The molecule has 20 heavy (non-hydrogen) atoms. The fourth-order valence-electron chi connectivity index (χ4n) is 1.68. The first-order valence-electron chi connectivity index (χ1n) is 5.53. The highest BCUT2D eigenvalue weighted by Crippen LogP contribution is 2.22. The lowest BCUT2D eigenvalue weighted by molar-refractivity contribution is 0.132. The first kappa shape index (κ1) is 14.8. The minimum atomic E-state index is -2.78. The third kappa shape index (κ3) is 2.94. The Labute approximate surface area is 120 Å². The van der Waals surface area contributed by atoms with Gasteiger partial charge in [0.2, 0.25) is 0 Å². The smallest absolute Gasteiger partial charge is 0.267 e. The van der Waals surface area contributed by atoms with Crippen molar-refractivity contribution in [3.05, 3.63) is 68.3 Å². The van der Waals surface area contributed by atoms with Crippen LogP contribution in [0.15, 0.2) is 45.8 Å². The molecule has 0 saturated carbocycles. The molecule has 1 heterocycles. The maximum absolute atomic E-state index is 12.8. The highest BCUT2D eigenvalue weighted by atomic mass is 79.9. The largest absolute Gasteiger partial charge is 0.369 e. The van der Waals surface area contributed by atoms with Gasteiger partial charge in [0.1, 0.15) is 5.82 Å². The molecule has 0 saturated heterocycles. The minimum absolute atomic E-state index is 0.0866. The Hall–Kier alpha value is -1.60. The fraction of sp³-hybridized carbons (Fsp3) is 0.154. The molecule has 1 atom stereocenters. The van der Waals surface area contributed by atoms with E-state index in [9.17, 15) is 23.1 Å². The zero-order chi connectivity index (χ0) is 14.9. The topological polar surface area (TPSA) is 42.2 Å². The molecule has 1 aromatic heterocycles. The van der Waals surface area contributed by atoms with Crippen LogP contribution in [0.4, 0.5) is 13.2 Å². The van der Waals surface area contributed by atoms with Crippen molar-refractivity contribution in [3.63, 3.8) is 0 Å². The van der Waals surface area contributed by atoms with Gasteiger partial charge in [-0.05, 0) is 34.1 Å². The van der Waals surface area contributed by atoms with E-state index in [1.165, 1.54) is 12.1 Å². The van der Waals surface area contributed by atoms with Crippen molar-refractivity contribution in [1.82, 2.24) is 4.57 Å². The highest BCUT2D eigenvalue weighted by Gasteiger charge is 2.17. The van der Waals surface area contributed by atoms with Crippen molar-refractivity contribution in [2.75, 3.05) is 0 Å². The maximum Gasteiger partial charge on any atom is 0.267 e. The van der Waals surface area contributed by atoms with Crippen LogP contribution in [-0.4, -0.2) is 9.67 Å². The molecule has 0 unspecified atom stereocenters. The molecule has 0 spiro atoms. The van der Waals surface area contributed by atoms with E-state index in [0.29, 0.717) is 0 Å². The zero-order valence-electron chi connectivity index (χ0n) is 9.93. The van der Waals surface area contributed by atoms with Gasteiger partial charge in [-0.3, -0.25) is 9.36 Å². The predicted octanol–water partition coefficient (Wildman–Crippen LogP) is 3.23. The summed E-state index contributed by atoms with van der Waals surface area (Å²) < 4.78 is 38.9. The third-order valence-corrected chi connectivity index (χ3v) is 3.27. The van der Waals surface area contributed by atoms with Crippen LogP contribution < -0.4 is 5.56 Å². The van der Waals surface area contributed by atoms with Gasteiger partial charge in [-0.15, -0.1) is 0 Å². The molecule has 0 fully saturated rings. The monoisotopic (exact) mass is 347 g/mol. The number of hydrogen-bond acceptors (Lipinski definition) is 2. The normalized spacial score (nSPS) is 12.7. The Morgan fingerprint density at radius 3 is 2.30 bits per heavy atom. The first-order valence-corrected chi connectivity index (χ1v) is 6.32. The van der Waals surface area contributed by atoms with Crippen LogP contribution in [-0.2, 0) is 0 Å². The number of aliphatic hydroxyl groups excluding tert-OH is 1. The van der Waals surface area contributed by atoms with Gasteiger partial charge in [-0.25, -0.2) is 13.2 Å². The number of benzene rings is 1. The molecular weight excluding hydrogens is 339 g/mol. The van der Waals surface area contributed by atoms with Crippen LogP contribution in [0.3, 0.4) is 0 Å². The van der Waals surface area contributed by atoms with E-state index in [-0.39, 0.29) is 10.0 Å². The van der Waals surface area contributed by atoms with Gasteiger partial charge in [-0.1, -0.05) is 12.1 Å². The summed E-state index contributed by atoms with van der Waals surface area (Å²) in [6.45, 7) is 0. The summed E-state index contributed by atoms with van der Waals surface area (Å²) in [5.74, 6) is -0.504.